The molecule has 1 aliphatic heterocycles. The van der Waals surface area contributed by atoms with Crippen molar-refractivity contribution in [3.05, 3.63) is 82.3 Å². The van der Waals surface area contributed by atoms with Gasteiger partial charge in [0.1, 0.15) is 5.82 Å². The van der Waals surface area contributed by atoms with Crippen LogP contribution in [0, 0.1) is 0 Å². The molecule has 1 N–H and O–H groups in total. The molecule has 0 atom stereocenters. The fourth-order valence-electron chi connectivity index (χ4n) is 3.56. The highest BCUT2D eigenvalue weighted by molar-refractivity contribution is 5.54. The first kappa shape index (κ1) is 15.9. The van der Waals surface area contributed by atoms with Crippen molar-refractivity contribution in [1.82, 2.24) is 29.5 Å². The summed E-state index contributed by atoms with van der Waals surface area (Å²) in [5.41, 5.74) is 4.53. The topological polar surface area (TPSA) is 79.2 Å². The standard InChI is InChI=1S/C20H18N6O/c27-20-17-13-25(12-15-11-16-3-1-2-9-26(16)24-15)10-6-18(17)22-19(23-20)14-4-7-21-8-5-14/h1-5,7-9,11H,6,10,12-13H2,(H,22,23,27). The Morgan fingerprint density at radius 3 is 2.89 bits per heavy atom. The second-order valence-electron chi connectivity index (χ2n) is 6.74. The Morgan fingerprint density at radius 1 is 1.15 bits per heavy atom. The molecule has 0 saturated carbocycles. The number of rotatable bonds is 3. The van der Waals surface area contributed by atoms with E-state index in [2.05, 4.69) is 26.0 Å². The summed E-state index contributed by atoms with van der Waals surface area (Å²) in [6, 6.07) is 11.8. The Bertz CT molecular complexity index is 1130. The van der Waals surface area contributed by atoms with Crippen LogP contribution in [0.1, 0.15) is 17.0 Å². The van der Waals surface area contributed by atoms with Crippen LogP contribution >= 0.6 is 0 Å². The molecule has 7 heteroatoms. The van der Waals surface area contributed by atoms with Gasteiger partial charge in [-0.05, 0) is 30.3 Å². The highest BCUT2D eigenvalue weighted by Crippen LogP contribution is 2.19. The summed E-state index contributed by atoms with van der Waals surface area (Å²) >= 11 is 0. The average molecular weight is 358 g/mol. The molecule has 27 heavy (non-hydrogen) atoms. The van der Waals surface area contributed by atoms with Crippen LogP contribution in [-0.2, 0) is 19.5 Å². The molecular formula is C20H18N6O. The second kappa shape index (κ2) is 6.44. The van der Waals surface area contributed by atoms with E-state index in [4.69, 9.17) is 4.98 Å². The molecule has 5 heterocycles. The number of aromatic nitrogens is 5. The average Bonchev–Trinajstić information content (AvgIpc) is 3.11. The third-order valence-corrected chi connectivity index (χ3v) is 4.91. The van der Waals surface area contributed by atoms with Gasteiger partial charge in [-0.3, -0.25) is 14.7 Å². The van der Waals surface area contributed by atoms with E-state index in [0.29, 0.717) is 18.9 Å². The molecule has 134 valence electrons. The molecule has 7 nitrogen and oxygen atoms in total. The maximum absolute atomic E-state index is 12.6. The first-order chi connectivity index (χ1) is 13.3. The minimum absolute atomic E-state index is 0.0634. The van der Waals surface area contributed by atoms with Crippen LogP contribution in [0.3, 0.4) is 0 Å². The first-order valence-electron chi connectivity index (χ1n) is 8.94. The monoisotopic (exact) mass is 358 g/mol. The second-order valence-corrected chi connectivity index (χ2v) is 6.74. The summed E-state index contributed by atoms with van der Waals surface area (Å²) in [6.45, 7) is 2.15. The van der Waals surface area contributed by atoms with Gasteiger partial charge in [-0.25, -0.2) is 9.50 Å². The van der Waals surface area contributed by atoms with Crippen molar-refractivity contribution in [2.45, 2.75) is 19.5 Å². The van der Waals surface area contributed by atoms with Crippen molar-refractivity contribution in [2.24, 2.45) is 0 Å². The lowest BCUT2D eigenvalue weighted by atomic mass is 10.1. The zero-order valence-corrected chi connectivity index (χ0v) is 14.7. The van der Waals surface area contributed by atoms with Gasteiger partial charge in [-0.15, -0.1) is 0 Å². The minimum atomic E-state index is -0.0634. The number of nitrogens with zero attached hydrogens (tertiary/aromatic N) is 5. The maximum atomic E-state index is 12.6. The van der Waals surface area contributed by atoms with E-state index in [0.717, 1.165) is 41.0 Å². The highest BCUT2D eigenvalue weighted by Gasteiger charge is 2.22. The highest BCUT2D eigenvalue weighted by atomic mass is 16.1. The first-order valence-corrected chi connectivity index (χ1v) is 8.94. The summed E-state index contributed by atoms with van der Waals surface area (Å²) in [4.78, 5) is 26.5. The molecule has 0 saturated heterocycles. The molecule has 0 fully saturated rings. The number of hydrogen-bond donors (Lipinski definition) is 1. The summed E-state index contributed by atoms with van der Waals surface area (Å²) in [5.74, 6) is 0.606. The van der Waals surface area contributed by atoms with Gasteiger partial charge < -0.3 is 4.98 Å². The third kappa shape index (κ3) is 3.02. The number of aromatic amines is 1. The molecule has 0 amide bonds. The summed E-state index contributed by atoms with van der Waals surface area (Å²) in [5, 5.41) is 4.61. The molecule has 1 aliphatic rings. The van der Waals surface area contributed by atoms with Gasteiger partial charge in [0.15, 0.2) is 0 Å². The molecule has 0 radical (unpaired) electrons. The largest absolute Gasteiger partial charge is 0.306 e. The fraction of sp³-hybridized carbons (Fsp3) is 0.200. The van der Waals surface area contributed by atoms with Crippen molar-refractivity contribution in [1.29, 1.82) is 0 Å². The van der Waals surface area contributed by atoms with E-state index < -0.39 is 0 Å². The summed E-state index contributed by atoms with van der Waals surface area (Å²) in [6.07, 6.45) is 6.10. The molecule has 0 bridgehead atoms. The molecule has 0 unspecified atom stereocenters. The smallest absolute Gasteiger partial charge is 0.255 e. The van der Waals surface area contributed by atoms with Gasteiger partial charge in [-0.2, -0.15) is 5.10 Å². The van der Waals surface area contributed by atoms with Crippen molar-refractivity contribution < 1.29 is 0 Å². The number of fused-ring (bicyclic) bond motifs is 2. The van der Waals surface area contributed by atoms with Crippen LogP contribution in [0.25, 0.3) is 16.9 Å². The van der Waals surface area contributed by atoms with Crippen molar-refractivity contribution >= 4 is 5.52 Å². The number of pyridine rings is 2. The van der Waals surface area contributed by atoms with E-state index in [1.54, 1.807) is 12.4 Å². The zero-order chi connectivity index (χ0) is 18.2. The Hall–Kier alpha value is -3.32. The van der Waals surface area contributed by atoms with E-state index in [1.807, 2.05) is 41.0 Å². The fourth-order valence-corrected chi connectivity index (χ4v) is 3.56. The van der Waals surface area contributed by atoms with E-state index >= 15 is 0 Å². The van der Waals surface area contributed by atoms with Gasteiger partial charge in [0.25, 0.3) is 5.56 Å². The van der Waals surface area contributed by atoms with Crippen LogP contribution in [0.15, 0.2) is 59.8 Å². The van der Waals surface area contributed by atoms with Crippen molar-refractivity contribution in [3.63, 3.8) is 0 Å². The Balaban J connectivity index is 1.40. The van der Waals surface area contributed by atoms with Gasteiger partial charge in [0.2, 0.25) is 0 Å². The van der Waals surface area contributed by atoms with E-state index in [9.17, 15) is 4.79 Å². The quantitative estimate of drug-likeness (QED) is 0.606. The van der Waals surface area contributed by atoms with Gasteiger partial charge in [0.05, 0.1) is 22.5 Å². The Morgan fingerprint density at radius 2 is 2.04 bits per heavy atom. The number of H-pyrrole nitrogens is 1. The van der Waals surface area contributed by atoms with Gasteiger partial charge >= 0.3 is 0 Å². The Kier molecular flexibility index (Phi) is 3.79. The SMILES string of the molecule is O=c1[nH]c(-c2ccncc2)nc2c1CN(Cc1cc3ccccn3n1)CC2. The van der Waals surface area contributed by atoms with E-state index in [-0.39, 0.29) is 5.56 Å². The minimum Gasteiger partial charge on any atom is -0.306 e. The van der Waals surface area contributed by atoms with Crippen molar-refractivity contribution in [2.75, 3.05) is 6.54 Å². The molecule has 0 aliphatic carbocycles. The predicted molar refractivity (Wildman–Crippen MR) is 101 cm³/mol. The number of nitrogens with one attached hydrogen (secondary N) is 1. The normalized spacial score (nSPS) is 14.4. The zero-order valence-electron chi connectivity index (χ0n) is 14.7. The van der Waals surface area contributed by atoms with Crippen LogP contribution in [-0.4, -0.2) is 36.0 Å². The molecule has 0 aromatic carbocycles. The third-order valence-electron chi connectivity index (χ3n) is 4.91. The van der Waals surface area contributed by atoms with Crippen molar-refractivity contribution in [3.8, 4) is 11.4 Å². The summed E-state index contributed by atoms with van der Waals surface area (Å²) in [7, 11) is 0. The summed E-state index contributed by atoms with van der Waals surface area (Å²) < 4.78 is 1.88. The lowest BCUT2D eigenvalue weighted by Gasteiger charge is -2.26. The Labute approximate surface area is 155 Å². The van der Waals surface area contributed by atoms with Gasteiger partial charge in [-0.1, -0.05) is 6.07 Å². The van der Waals surface area contributed by atoms with Crippen LogP contribution in [0.5, 0.6) is 0 Å². The molecule has 5 rings (SSSR count). The lowest BCUT2D eigenvalue weighted by Crippen LogP contribution is -2.35. The maximum Gasteiger partial charge on any atom is 0.255 e. The molecule has 4 aromatic heterocycles. The molecule has 0 spiro atoms. The molecular weight excluding hydrogens is 340 g/mol. The van der Waals surface area contributed by atoms with Crippen LogP contribution in [0.2, 0.25) is 0 Å². The van der Waals surface area contributed by atoms with Crippen LogP contribution in [0.4, 0.5) is 0 Å². The lowest BCUT2D eigenvalue weighted by molar-refractivity contribution is 0.238. The van der Waals surface area contributed by atoms with E-state index in [1.165, 1.54) is 0 Å². The number of hydrogen-bond acceptors (Lipinski definition) is 5. The predicted octanol–water partition coefficient (Wildman–Crippen LogP) is 2.04. The molecule has 4 aromatic rings. The van der Waals surface area contributed by atoms with Gasteiger partial charge in [0, 0.05) is 50.2 Å². The van der Waals surface area contributed by atoms with Crippen LogP contribution < -0.4 is 5.56 Å².